The zero-order valence-electron chi connectivity index (χ0n) is 13.2. The molecule has 1 N–H and O–H groups in total. The summed E-state index contributed by atoms with van der Waals surface area (Å²) >= 11 is 0. The number of hydrogen-bond donors (Lipinski definition) is 1. The lowest BCUT2D eigenvalue weighted by molar-refractivity contribution is 0.0810. The van der Waals surface area contributed by atoms with Gasteiger partial charge in [0, 0.05) is 31.6 Å². The molecule has 0 saturated heterocycles. The summed E-state index contributed by atoms with van der Waals surface area (Å²) in [5.41, 5.74) is 3.69. The number of rotatable bonds is 4. The van der Waals surface area contributed by atoms with Crippen molar-refractivity contribution in [2.45, 2.75) is 32.9 Å². The van der Waals surface area contributed by atoms with Crippen molar-refractivity contribution in [1.82, 2.24) is 24.9 Å². The highest BCUT2D eigenvalue weighted by molar-refractivity contribution is 5.92. The summed E-state index contributed by atoms with van der Waals surface area (Å²) in [7, 11) is 1.91. The van der Waals surface area contributed by atoms with E-state index in [1.807, 2.05) is 37.8 Å². The van der Waals surface area contributed by atoms with Gasteiger partial charge < -0.3 is 10.1 Å². The largest absolute Gasteiger partial charge is 0.374 e. The molecule has 7 nitrogen and oxygen atoms in total. The Kier molecular flexibility index (Phi) is 3.98. The number of amides is 1. The SMILES string of the molecule is CCn1nc(C)cc1C(=O)NCC1COCc2c1cnn2C. The monoisotopic (exact) mass is 303 g/mol. The van der Waals surface area contributed by atoms with Gasteiger partial charge in [0.2, 0.25) is 0 Å². The van der Waals surface area contributed by atoms with E-state index < -0.39 is 0 Å². The molecule has 0 bridgehead atoms. The molecule has 2 aromatic heterocycles. The molecule has 0 saturated carbocycles. The van der Waals surface area contributed by atoms with E-state index in [1.165, 1.54) is 0 Å². The number of carbonyl (C=O) groups excluding carboxylic acids is 1. The first-order valence-corrected chi connectivity index (χ1v) is 7.51. The van der Waals surface area contributed by atoms with Crippen LogP contribution in [0.2, 0.25) is 0 Å². The van der Waals surface area contributed by atoms with Crippen molar-refractivity contribution in [1.29, 1.82) is 0 Å². The lowest BCUT2D eigenvalue weighted by Crippen LogP contribution is -2.33. The van der Waals surface area contributed by atoms with Crippen LogP contribution >= 0.6 is 0 Å². The average Bonchev–Trinajstić information content (AvgIpc) is 3.08. The molecule has 118 valence electrons. The second-order valence-electron chi connectivity index (χ2n) is 5.58. The third-order valence-electron chi connectivity index (χ3n) is 4.03. The van der Waals surface area contributed by atoms with Crippen LogP contribution < -0.4 is 5.32 Å². The molecular formula is C15H21N5O2. The number of aryl methyl sites for hydroxylation is 3. The molecule has 0 spiro atoms. The van der Waals surface area contributed by atoms with Crippen molar-refractivity contribution in [3.8, 4) is 0 Å². The second-order valence-corrected chi connectivity index (χ2v) is 5.58. The number of carbonyl (C=O) groups is 1. The molecule has 3 heterocycles. The predicted molar refractivity (Wildman–Crippen MR) is 80.6 cm³/mol. The van der Waals surface area contributed by atoms with Crippen LogP contribution in [0.3, 0.4) is 0 Å². The van der Waals surface area contributed by atoms with Gasteiger partial charge in [0.05, 0.1) is 30.8 Å². The normalized spacial score (nSPS) is 17.3. The van der Waals surface area contributed by atoms with E-state index in [0.29, 0.717) is 32.0 Å². The topological polar surface area (TPSA) is 74.0 Å². The van der Waals surface area contributed by atoms with Crippen LogP contribution in [0.4, 0.5) is 0 Å². The number of fused-ring (bicyclic) bond motifs is 1. The van der Waals surface area contributed by atoms with Gasteiger partial charge in [-0.3, -0.25) is 14.2 Å². The number of ether oxygens (including phenoxy) is 1. The molecule has 7 heteroatoms. The van der Waals surface area contributed by atoms with Crippen LogP contribution in [0.5, 0.6) is 0 Å². The zero-order chi connectivity index (χ0) is 15.7. The maximum Gasteiger partial charge on any atom is 0.269 e. The highest BCUT2D eigenvalue weighted by atomic mass is 16.5. The maximum absolute atomic E-state index is 12.4. The van der Waals surface area contributed by atoms with Crippen LogP contribution in [0.1, 0.15) is 40.3 Å². The first-order valence-electron chi connectivity index (χ1n) is 7.51. The summed E-state index contributed by atoms with van der Waals surface area (Å²) in [4.78, 5) is 12.4. The number of nitrogens with zero attached hydrogens (tertiary/aromatic N) is 4. The van der Waals surface area contributed by atoms with Crippen LogP contribution in [0.15, 0.2) is 12.3 Å². The Balaban J connectivity index is 1.69. The first kappa shape index (κ1) is 14.8. The maximum atomic E-state index is 12.4. The third-order valence-corrected chi connectivity index (χ3v) is 4.03. The third kappa shape index (κ3) is 2.64. The summed E-state index contributed by atoms with van der Waals surface area (Å²) in [6.07, 6.45) is 1.87. The number of hydrogen-bond acceptors (Lipinski definition) is 4. The van der Waals surface area contributed by atoms with Gasteiger partial charge in [0.1, 0.15) is 5.69 Å². The Morgan fingerprint density at radius 3 is 3.14 bits per heavy atom. The van der Waals surface area contributed by atoms with Crippen molar-refractivity contribution in [2.24, 2.45) is 7.05 Å². The lowest BCUT2D eigenvalue weighted by atomic mass is 9.98. The molecule has 2 aromatic rings. The molecule has 1 aliphatic heterocycles. The summed E-state index contributed by atoms with van der Waals surface area (Å²) < 4.78 is 9.16. The summed E-state index contributed by atoms with van der Waals surface area (Å²) in [6, 6.07) is 1.81. The van der Waals surface area contributed by atoms with Gasteiger partial charge in [-0.1, -0.05) is 0 Å². The molecule has 0 aromatic carbocycles. The van der Waals surface area contributed by atoms with Crippen molar-refractivity contribution >= 4 is 5.91 Å². The highest BCUT2D eigenvalue weighted by Gasteiger charge is 2.25. The van der Waals surface area contributed by atoms with Gasteiger partial charge in [-0.05, 0) is 19.9 Å². The predicted octanol–water partition coefficient (Wildman–Crippen LogP) is 0.989. The van der Waals surface area contributed by atoms with Gasteiger partial charge in [-0.25, -0.2) is 0 Å². The van der Waals surface area contributed by atoms with E-state index in [9.17, 15) is 4.79 Å². The van der Waals surface area contributed by atoms with Crippen molar-refractivity contribution in [3.63, 3.8) is 0 Å². The van der Waals surface area contributed by atoms with Crippen molar-refractivity contribution < 1.29 is 9.53 Å². The van der Waals surface area contributed by atoms with E-state index in [-0.39, 0.29) is 11.8 Å². The minimum atomic E-state index is -0.0986. The lowest BCUT2D eigenvalue weighted by Gasteiger charge is -2.23. The number of nitrogens with one attached hydrogen (secondary N) is 1. The molecule has 0 aliphatic carbocycles. The van der Waals surface area contributed by atoms with E-state index >= 15 is 0 Å². The van der Waals surface area contributed by atoms with E-state index in [1.54, 1.807) is 4.68 Å². The van der Waals surface area contributed by atoms with E-state index in [4.69, 9.17) is 4.74 Å². The Morgan fingerprint density at radius 1 is 1.55 bits per heavy atom. The van der Waals surface area contributed by atoms with Crippen LogP contribution in [0, 0.1) is 6.92 Å². The van der Waals surface area contributed by atoms with Crippen LogP contribution in [-0.2, 0) is 24.9 Å². The number of aromatic nitrogens is 4. The quantitative estimate of drug-likeness (QED) is 0.914. The molecular weight excluding hydrogens is 282 g/mol. The molecule has 1 aliphatic rings. The standard InChI is InChI=1S/C15H21N5O2/c1-4-20-13(5-10(2)18-20)15(21)16-6-11-8-22-9-14-12(11)7-17-19(14)3/h5,7,11H,4,6,8-9H2,1-3H3,(H,16,21). The summed E-state index contributed by atoms with van der Waals surface area (Å²) in [5.74, 6) is 0.0407. The molecule has 0 radical (unpaired) electrons. The minimum absolute atomic E-state index is 0.0986. The summed E-state index contributed by atoms with van der Waals surface area (Å²) in [5, 5.41) is 11.6. The Bertz CT molecular complexity index is 688. The first-order chi connectivity index (χ1) is 10.6. The fraction of sp³-hybridized carbons (Fsp3) is 0.533. The van der Waals surface area contributed by atoms with Gasteiger partial charge in [-0.2, -0.15) is 10.2 Å². The van der Waals surface area contributed by atoms with Gasteiger partial charge in [0.15, 0.2) is 0 Å². The second kappa shape index (κ2) is 5.92. The minimum Gasteiger partial charge on any atom is -0.374 e. The van der Waals surface area contributed by atoms with Crippen molar-refractivity contribution in [3.05, 3.63) is 34.9 Å². The fourth-order valence-electron chi connectivity index (χ4n) is 2.83. The van der Waals surface area contributed by atoms with Crippen molar-refractivity contribution in [2.75, 3.05) is 13.2 Å². The Labute approximate surface area is 129 Å². The zero-order valence-corrected chi connectivity index (χ0v) is 13.2. The molecule has 3 rings (SSSR count). The van der Waals surface area contributed by atoms with Crippen LogP contribution in [0.25, 0.3) is 0 Å². The molecule has 1 amide bonds. The summed E-state index contributed by atoms with van der Waals surface area (Å²) in [6.45, 7) is 6.25. The van der Waals surface area contributed by atoms with E-state index in [0.717, 1.165) is 17.0 Å². The van der Waals surface area contributed by atoms with Crippen LogP contribution in [-0.4, -0.2) is 38.6 Å². The van der Waals surface area contributed by atoms with E-state index in [2.05, 4.69) is 15.5 Å². The highest BCUT2D eigenvalue weighted by Crippen LogP contribution is 2.25. The Morgan fingerprint density at radius 2 is 2.36 bits per heavy atom. The fourth-order valence-corrected chi connectivity index (χ4v) is 2.83. The Hall–Kier alpha value is -2.15. The average molecular weight is 303 g/mol. The molecule has 0 fully saturated rings. The van der Waals surface area contributed by atoms with Gasteiger partial charge in [0.25, 0.3) is 5.91 Å². The molecule has 22 heavy (non-hydrogen) atoms. The smallest absolute Gasteiger partial charge is 0.269 e. The molecule has 1 atom stereocenters. The molecule has 1 unspecified atom stereocenters. The van der Waals surface area contributed by atoms with Gasteiger partial charge >= 0.3 is 0 Å². The van der Waals surface area contributed by atoms with Gasteiger partial charge in [-0.15, -0.1) is 0 Å².